The second-order valence-electron chi connectivity index (χ2n) is 8.11. The first kappa shape index (κ1) is 18.7. The minimum atomic E-state index is -0.588. The Balaban J connectivity index is 1.44. The van der Waals surface area contributed by atoms with Crippen LogP contribution in [-0.4, -0.2) is 42.9 Å². The van der Waals surface area contributed by atoms with Crippen LogP contribution in [0.5, 0.6) is 0 Å². The van der Waals surface area contributed by atoms with Crippen molar-refractivity contribution < 1.29 is 9.84 Å². The molecule has 1 aromatic carbocycles. The van der Waals surface area contributed by atoms with E-state index in [1.54, 1.807) is 11.3 Å². The number of thiophene rings is 1. The fourth-order valence-electron chi connectivity index (χ4n) is 4.52. The lowest BCUT2D eigenvalue weighted by Crippen LogP contribution is -2.68. The zero-order valence-electron chi connectivity index (χ0n) is 16.2. The number of aliphatic hydroxyl groups excluding tert-OH is 1. The Kier molecular flexibility index (Phi) is 5.14. The van der Waals surface area contributed by atoms with Crippen molar-refractivity contribution in [2.75, 3.05) is 19.7 Å². The van der Waals surface area contributed by atoms with E-state index < -0.39 is 6.10 Å². The zero-order valence-corrected chi connectivity index (χ0v) is 17.1. The summed E-state index contributed by atoms with van der Waals surface area (Å²) in [7, 11) is 0. The normalized spacial score (nSPS) is 27.9. The first-order valence-electron chi connectivity index (χ1n) is 9.83. The number of nitrogens with zero attached hydrogens (tertiary/aromatic N) is 1. The van der Waals surface area contributed by atoms with Crippen LogP contribution in [0.1, 0.15) is 38.2 Å². The highest BCUT2D eigenvalue weighted by atomic mass is 32.1. The lowest BCUT2D eigenvalue weighted by Gasteiger charge is -2.54. The number of rotatable bonds is 5. The molecule has 4 unspecified atom stereocenters. The zero-order chi connectivity index (χ0) is 19.0. The van der Waals surface area contributed by atoms with E-state index in [0.717, 1.165) is 30.4 Å². The fraction of sp³-hybridized carbons (Fsp3) is 0.571. The van der Waals surface area contributed by atoms with Gasteiger partial charge in [-0.2, -0.15) is 0 Å². The van der Waals surface area contributed by atoms with Crippen LogP contribution in [0.2, 0.25) is 0 Å². The minimum Gasteiger partial charge on any atom is -0.386 e. The molecule has 1 saturated carbocycles. The number of aliphatic hydroxyl groups is 1. The molecule has 0 bridgehead atoms. The number of fused-ring (bicyclic) bond motifs is 2. The van der Waals surface area contributed by atoms with Gasteiger partial charge in [-0.05, 0) is 30.9 Å². The van der Waals surface area contributed by atoms with E-state index >= 15 is 0 Å². The molecule has 6 heteroatoms. The molecule has 1 aromatic heterocycles. The smallest absolute Gasteiger partial charge is 0.191 e. The van der Waals surface area contributed by atoms with Crippen LogP contribution in [0.4, 0.5) is 0 Å². The molecule has 4 rings (SSSR count). The molecular formula is C21H29N3O2S. The molecule has 5 nitrogen and oxygen atoms in total. The fourth-order valence-corrected chi connectivity index (χ4v) is 5.56. The summed E-state index contributed by atoms with van der Waals surface area (Å²) in [6.45, 7) is 8.57. The van der Waals surface area contributed by atoms with Gasteiger partial charge in [-0.15, -0.1) is 11.3 Å². The lowest BCUT2D eigenvalue weighted by atomic mass is 9.57. The summed E-state index contributed by atoms with van der Waals surface area (Å²) in [6.07, 6.45) is 0.868. The number of benzene rings is 1. The van der Waals surface area contributed by atoms with Gasteiger partial charge in [0.1, 0.15) is 6.10 Å². The number of hydrogen-bond donors (Lipinski definition) is 3. The van der Waals surface area contributed by atoms with Crippen LogP contribution in [0.25, 0.3) is 10.1 Å². The van der Waals surface area contributed by atoms with E-state index in [1.165, 1.54) is 10.1 Å². The molecule has 1 aliphatic carbocycles. The predicted molar refractivity (Wildman–Crippen MR) is 111 cm³/mol. The average Bonchev–Trinajstić information content (AvgIpc) is 3.29. The van der Waals surface area contributed by atoms with Crippen LogP contribution in [-0.2, 0) is 4.74 Å². The highest BCUT2D eigenvalue weighted by Gasteiger charge is 2.59. The molecule has 27 heavy (non-hydrogen) atoms. The van der Waals surface area contributed by atoms with E-state index in [-0.39, 0.29) is 5.41 Å². The van der Waals surface area contributed by atoms with Gasteiger partial charge < -0.3 is 20.5 Å². The van der Waals surface area contributed by atoms with Crippen molar-refractivity contribution in [1.82, 2.24) is 10.6 Å². The lowest BCUT2D eigenvalue weighted by molar-refractivity contribution is -0.106. The maximum Gasteiger partial charge on any atom is 0.191 e. The molecule has 0 spiro atoms. The monoisotopic (exact) mass is 387 g/mol. The van der Waals surface area contributed by atoms with Crippen molar-refractivity contribution in [3.63, 3.8) is 0 Å². The van der Waals surface area contributed by atoms with Crippen molar-refractivity contribution in [1.29, 1.82) is 0 Å². The van der Waals surface area contributed by atoms with Crippen LogP contribution in [0.15, 0.2) is 35.3 Å². The van der Waals surface area contributed by atoms with Crippen molar-refractivity contribution in [3.05, 3.63) is 35.2 Å². The molecular weight excluding hydrogens is 358 g/mol. The van der Waals surface area contributed by atoms with Crippen LogP contribution >= 0.6 is 11.3 Å². The van der Waals surface area contributed by atoms with Gasteiger partial charge in [-0.3, -0.25) is 4.99 Å². The number of ether oxygens (including phenoxy) is 1. The maximum atomic E-state index is 10.6. The summed E-state index contributed by atoms with van der Waals surface area (Å²) in [4.78, 5) is 5.63. The van der Waals surface area contributed by atoms with Gasteiger partial charge in [0.05, 0.1) is 12.6 Å². The molecule has 2 aliphatic rings. The molecule has 3 N–H and O–H groups in total. The Morgan fingerprint density at radius 3 is 3.00 bits per heavy atom. The van der Waals surface area contributed by atoms with Gasteiger partial charge in [-0.25, -0.2) is 0 Å². The second kappa shape index (κ2) is 7.41. The molecule has 4 atom stereocenters. The van der Waals surface area contributed by atoms with Crippen LogP contribution in [0.3, 0.4) is 0 Å². The van der Waals surface area contributed by atoms with Gasteiger partial charge in [0.25, 0.3) is 0 Å². The van der Waals surface area contributed by atoms with Gasteiger partial charge in [0.2, 0.25) is 0 Å². The van der Waals surface area contributed by atoms with Crippen LogP contribution < -0.4 is 10.6 Å². The van der Waals surface area contributed by atoms with Gasteiger partial charge in [-0.1, -0.05) is 32.0 Å². The number of hydrogen-bond acceptors (Lipinski definition) is 4. The SMILES string of the molecule is CCNC(=NCC(O)c1cc2ccccc2s1)NC1C2CCOC2C1(C)C. The summed E-state index contributed by atoms with van der Waals surface area (Å²) in [6, 6.07) is 10.6. The molecule has 2 fully saturated rings. The van der Waals surface area contributed by atoms with Crippen molar-refractivity contribution in [2.24, 2.45) is 16.3 Å². The molecule has 2 heterocycles. The van der Waals surface area contributed by atoms with Gasteiger partial charge >= 0.3 is 0 Å². The largest absolute Gasteiger partial charge is 0.386 e. The minimum absolute atomic E-state index is 0.0987. The van der Waals surface area contributed by atoms with Gasteiger partial charge in [0, 0.05) is 40.1 Å². The quantitative estimate of drug-likeness (QED) is 0.544. The summed E-state index contributed by atoms with van der Waals surface area (Å²) in [5.74, 6) is 1.33. The third-order valence-corrected chi connectivity index (χ3v) is 7.15. The first-order chi connectivity index (χ1) is 13.0. The summed E-state index contributed by atoms with van der Waals surface area (Å²) in [5.41, 5.74) is 0.0987. The van der Waals surface area contributed by atoms with Crippen molar-refractivity contribution in [2.45, 2.75) is 45.4 Å². The van der Waals surface area contributed by atoms with Gasteiger partial charge in [0.15, 0.2) is 5.96 Å². The Morgan fingerprint density at radius 1 is 1.41 bits per heavy atom. The van der Waals surface area contributed by atoms with E-state index in [1.807, 2.05) is 12.1 Å². The summed E-state index contributed by atoms with van der Waals surface area (Å²) >= 11 is 1.64. The first-order valence-corrected chi connectivity index (χ1v) is 10.7. The van der Waals surface area contributed by atoms with Crippen molar-refractivity contribution in [3.8, 4) is 0 Å². The number of nitrogens with one attached hydrogen (secondary N) is 2. The average molecular weight is 388 g/mol. The Labute approximate surface area is 164 Å². The Morgan fingerprint density at radius 2 is 2.22 bits per heavy atom. The van der Waals surface area contributed by atoms with E-state index in [2.05, 4.69) is 54.6 Å². The topological polar surface area (TPSA) is 65.9 Å². The van der Waals surface area contributed by atoms with Crippen LogP contribution in [0, 0.1) is 11.3 Å². The molecule has 2 aromatic rings. The predicted octanol–water partition coefficient (Wildman–Crippen LogP) is 3.30. The third kappa shape index (κ3) is 3.46. The van der Waals surface area contributed by atoms with E-state index in [0.29, 0.717) is 24.6 Å². The highest BCUT2D eigenvalue weighted by Crippen LogP contribution is 2.52. The third-order valence-electron chi connectivity index (χ3n) is 5.93. The summed E-state index contributed by atoms with van der Waals surface area (Å²) < 4.78 is 7.08. The van der Waals surface area contributed by atoms with E-state index in [4.69, 9.17) is 4.74 Å². The summed E-state index contributed by atoms with van der Waals surface area (Å²) in [5, 5.41) is 18.7. The number of guanidine groups is 1. The molecule has 1 aliphatic heterocycles. The second-order valence-corrected chi connectivity index (χ2v) is 9.22. The highest BCUT2D eigenvalue weighted by molar-refractivity contribution is 7.19. The number of aliphatic imine (C=N–C) groups is 1. The molecule has 0 radical (unpaired) electrons. The molecule has 0 amide bonds. The van der Waals surface area contributed by atoms with E-state index in [9.17, 15) is 5.11 Å². The standard InChI is InChI=1S/C21H29N3O2S/c1-4-22-20(24-18-14-9-10-26-19(14)21(18,2)3)23-12-15(25)17-11-13-7-5-6-8-16(13)27-17/h5-8,11,14-15,18-19,25H,4,9-10,12H2,1-3H3,(H2,22,23,24). The Bertz CT molecular complexity index is 799. The maximum absolute atomic E-state index is 10.6. The molecule has 146 valence electrons. The van der Waals surface area contributed by atoms with Crippen molar-refractivity contribution >= 4 is 27.4 Å². The Hall–Kier alpha value is -1.63. The molecule has 1 saturated heterocycles.